The Balaban J connectivity index is 1.69. The van der Waals surface area contributed by atoms with E-state index < -0.39 is 17.7 Å². The topological polar surface area (TPSA) is 109 Å². The molecule has 9 nitrogen and oxygen atoms in total. The maximum Gasteiger partial charge on any atom is 0.295 e. The second-order valence-electron chi connectivity index (χ2n) is 10.1. The highest BCUT2D eigenvalue weighted by atomic mass is 16.5. The lowest BCUT2D eigenvalue weighted by Gasteiger charge is -2.29. The number of nitrogens with zero attached hydrogens (tertiary/aromatic N) is 2. The predicted molar refractivity (Wildman–Crippen MR) is 152 cm³/mol. The number of likely N-dealkylation sites (tertiary alicyclic amines) is 1. The molecule has 2 saturated heterocycles. The monoisotopic (exact) mass is 552 g/mol. The molecule has 2 N–H and O–H groups in total. The number of unbranched alkanes of at least 4 members (excludes halogenated alkanes) is 1. The fourth-order valence-corrected chi connectivity index (χ4v) is 5.16. The van der Waals surface area contributed by atoms with Crippen LogP contribution in [-0.2, 0) is 14.3 Å². The number of benzene rings is 2. The molecular weight excluding hydrogens is 512 g/mol. The number of Topliss-reactive ketones (excluding diaryl/α,β-unsaturated/α-hetero) is 1. The number of aliphatic hydroxyl groups excluding tert-OH is 1. The van der Waals surface area contributed by atoms with Gasteiger partial charge in [0.2, 0.25) is 0 Å². The van der Waals surface area contributed by atoms with Gasteiger partial charge >= 0.3 is 0 Å². The number of aromatic hydroxyl groups is 1. The van der Waals surface area contributed by atoms with Crippen LogP contribution in [0.15, 0.2) is 42.0 Å². The normalized spacial score (nSPS) is 19.3. The van der Waals surface area contributed by atoms with E-state index in [0.29, 0.717) is 56.3 Å². The first-order chi connectivity index (χ1) is 19.3. The Morgan fingerprint density at radius 1 is 1.00 bits per heavy atom. The molecule has 0 saturated carbocycles. The van der Waals surface area contributed by atoms with Crippen LogP contribution in [0.4, 0.5) is 0 Å². The third kappa shape index (κ3) is 6.59. The molecule has 2 aliphatic rings. The van der Waals surface area contributed by atoms with Gasteiger partial charge in [0.05, 0.1) is 38.0 Å². The number of aliphatic hydroxyl groups is 1. The lowest BCUT2D eigenvalue weighted by atomic mass is 9.94. The van der Waals surface area contributed by atoms with Crippen molar-refractivity contribution in [2.45, 2.75) is 46.1 Å². The van der Waals surface area contributed by atoms with Crippen molar-refractivity contribution in [2.24, 2.45) is 0 Å². The number of rotatable bonds is 12. The molecular formula is C31H40N2O7. The Morgan fingerprint density at radius 3 is 2.48 bits per heavy atom. The van der Waals surface area contributed by atoms with Crippen LogP contribution in [0.25, 0.3) is 5.76 Å². The lowest BCUT2D eigenvalue weighted by Crippen LogP contribution is -2.38. The maximum absolute atomic E-state index is 13.4. The van der Waals surface area contributed by atoms with Gasteiger partial charge in [-0.2, -0.15) is 0 Å². The van der Waals surface area contributed by atoms with Crippen LogP contribution >= 0.6 is 0 Å². The summed E-state index contributed by atoms with van der Waals surface area (Å²) in [5, 5.41) is 21.8. The van der Waals surface area contributed by atoms with E-state index in [2.05, 4.69) is 11.8 Å². The smallest absolute Gasteiger partial charge is 0.295 e. The fraction of sp³-hybridized carbons (Fsp3) is 0.484. The van der Waals surface area contributed by atoms with E-state index in [9.17, 15) is 19.8 Å². The SMILES string of the molecule is CCCCOc1ccc(/C(O)=C2\C(=O)C(=O)N(CCCN3CCOCC3)C2c2ccc(O)c(OCC)c2)cc1C. The molecule has 2 aromatic rings. The molecule has 0 spiro atoms. The predicted octanol–water partition coefficient (Wildman–Crippen LogP) is 4.42. The van der Waals surface area contributed by atoms with Gasteiger partial charge in [0.25, 0.3) is 11.7 Å². The van der Waals surface area contributed by atoms with Crippen molar-refractivity contribution in [3.63, 3.8) is 0 Å². The van der Waals surface area contributed by atoms with Gasteiger partial charge in [-0.15, -0.1) is 0 Å². The largest absolute Gasteiger partial charge is 0.507 e. The number of hydrogen-bond acceptors (Lipinski definition) is 8. The number of carbonyl (C=O) groups excluding carboxylic acids is 2. The summed E-state index contributed by atoms with van der Waals surface area (Å²) >= 11 is 0. The zero-order valence-electron chi connectivity index (χ0n) is 23.6. The van der Waals surface area contributed by atoms with Crippen LogP contribution in [0.5, 0.6) is 17.2 Å². The molecule has 40 heavy (non-hydrogen) atoms. The number of ether oxygens (including phenoxy) is 3. The first-order valence-corrected chi connectivity index (χ1v) is 14.1. The minimum absolute atomic E-state index is 0.0172. The van der Waals surface area contributed by atoms with Gasteiger partial charge in [-0.05, 0) is 68.1 Å². The molecule has 0 bridgehead atoms. The van der Waals surface area contributed by atoms with Gasteiger partial charge in [0, 0.05) is 31.7 Å². The van der Waals surface area contributed by atoms with E-state index in [0.717, 1.165) is 38.0 Å². The number of morpholine rings is 1. The van der Waals surface area contributed by atoms with Gasteiger partial charge in [0.1, 0.15) is 11.5 Å². The molecule has 0 aliphatic carbocycles. The first-order valence-electron chi connectivity index (χ1n) is 14.1. The summed E-state index contributed by atoms with van der Waals surface area (Å²) in [6.07, 6.45) is 2.61. The molecule has 0 aromatic heterocycles. The van der Waals surface area contributed by atoms with Gasteiger partial charge < -0.3 is 29.3 Å². The van der Waals surface area contributed by atoms with E-state index in [4.69, 9.17) is 14.2 Å². The van der Waals surface area contributed by atoms with Crippen molar-refractivity contribution in [2.75, 3.05) is 52.6 Å². The van der Waals surface area contributed by atoms with Crippen molar-refractivity contribution < 1.29 is 34.0 Å². The number of ketones is 1. The van der Waals surface area contributed by atoms with E-state index >= 15 is 0 Å². The number of amides is 1. The third-order valence-corrected chi connectivity index (χ3v) is 7.32. The first kappa shape index (κ1) is 29.4. The molecule has 9 heteroatoms. The second kappa shape index (κ2) is 13.7. The Bertz CT molecular complexity index is 1240. The number of aryl methyl sites for hydroxylation is 1. The van der Waals surface area contributed by atoms with Crippen LogP contribution in [0, 0.1) is 6.92 Å². The van der Waals surface area contributed by atoms with E-state index in [1.54, 1.807) is 30.3 Å². The van der Waals surface area contributed by atoms with Gasteiger partial charge in [0.15, 0.2) is 11.5 Å². The number of hydrogen-bond donors (Lipinski definition) is 2. The Hall–Kier alpha value is -3.56. The Labute approximate surface area is 235 Å². The van der Waals surface area contributed by atoms with Crippen LogP contribution in [0.1, 0.15) is 55.8 Å². The lowest BCUT2D eigenvalue weighted by molar-refractivity contribution is -0.140. The van der Waals surface area contributed by atoms with Gasteiger partial charge in [-0.1, -0.05) is 19.4 Å². The molecule has 1 amide bonds. The summed E-state index contributed by atoms with van der Waals surface area (Å²) in [6.45, 7) is 10.8. The maximum atomic E-state index is 13.4. The highest BCUT2D eigenvalue weighted by molar-refractivity contribution is 6.46. The van der Waals surface area contributed by atoms with Crippen molar-refractivity contribution in [1.82, 2.24) is 9.80 Å². The third-order valence-electron chi connectivity index (χ3n) is 7.32. The zero-order chi connectivity index (χ0) is 28.6. The van der Waals surface area contributed by atoms with Crippen molar-refractivity contribution in [1.29, 1.82) is 0 Å². The summed E-state index contributed by atoms with van der Waals surface area (Å²) in [5.41, 5.74) is 1.84. The van der Waals surface area contributed by atoms with E-state index in [1.165, 1.54) is 11.0 Å². The fourth-order valence-electron chi connectivity index (χ4n) is 5.16. The summed E-state index contributed by atoms with van der Waals surface area (Å²) in [7, 11) is 0. The van der Waals surface area contributed by atoms with Crippen LogP contribution in [0.3, 0.4) is 0 Å². The Morgan fingerprint density at radius 2 is 1.77 bits per heavy atom. The summed E-state index contributed by atoms with van der Waals surface area (Å²) < 4.78 is 16.9. The van der Waals surface area contributed by atoms with E-state index in [-0.39, 0.29) is 22.8 Å². The molecule has 1 atom stereocenters. The van der Waals surface area contributed by atoms with Crippen molar-refractivity contribution in [3.05, 3.63) is 58.7 Å². The van der Waals surface area contributed by atoms with Gasteiger partial charge in [-0.25, -0.2) is 0 Å². The average molecular weight is 553 g/mol. The molecule has 2 aliphatic heterocycles. The molecule has 4 rings (SSSR count). The summed E-state index contributed by atoms with van der Waals surface area (Å²) in [4.78, 5) is 30.6. The molecule has 2 aromatic carbocycles. The standard InChI is InChI=1S/C31H40N2O7/c1-4-6-16-40-25-11-9-23(19-21(25)3)29(35)27-28(22-8-10-24(34)26(20-22)39-5-2)33(31(37)30(27)36)13-7-12-32-14-17-38-18-15-32/h8-11,19-20,28,34-35H,4-7,12-18H2,1-3H3/b29-27+. The quantitative estimate of drug-likeness (QED) is 0.172. The molecule has 2 fully saturated rings. The van der Waals surface area contributed by atoms with E-state index in [1.807, 2.05) is 13.8 Å². The van der Waals surface area contributed by atoms with Crippen molar-refractivity contribution in [3.8, 4) is 17.2 Å². The highest BCUT2D eigenvalue weighted by Crippen LogP contribution is 2.42. The minimum Gasteiger partial charge on any atom is -0.507 e. The highest BCUT2D eigenvalue weighted by Gasteiger charge is 2.46. The molecule has 1 unspecified atom stereocenters. The number of phenolic OH excluding ortho intramolecular Hbond substituents is 1. The van der Waals surface area contributed by atoms with Gasteiger partial charge in [-0.3, -0.25) is 14.5 Å². The zero-order valence-corrected chi connectivity index (χ0v) is 23.6. The Kier molecular flexibility index (Phi) is 10.1. The van der Waals surface area contributed by atoms with Crippen LogP contribution in [0.2, 0.25) is 0 Å². The second-order valence-corrected chi connectivity index (χ2v) is 10.1. The molecule has 2 heterocycles. The minimum atomic E-state index is -0.828. The summed E-state index contributed by atoms with van der Waals surface area (Å²) in [5.74, 6) is -0.706. The van der Waals surface area contributed by atoms with Crippen LogP contribution < -0.4 is 9.47 Å². The average Bonchev–Trinajstić information content (AvgIpc) is 3.20. The van der Waals surface area contributed by atoms with Crippen LogP contribution in [-0.4, -0.2) is 84.3 Å². The van der Waals surface area contributed by atoms with Crippen molar-refractivity contribution >= 4 is 17.4 Å². The molecule has 0 radical (unpaired) electrons. The summed E-state index contributed by atoms with van der Waals surface area (Å²) in [6, 6.07) is 9.20. The molecule has 216 valence electrons. The number of phenols is 1. The number of carbonyl (C=O) groups is 2.